The van der Waals surface area contributed by atoms with E-state index < -0.39 is 0 Å². The van der Waals surface area contributed by atoms with Crippen LogP contribution in [0.15, 0.2) is 85.5 Å². The van der Waals surface area contributed by atoms with Crippen LogP contribution in [0.5, 0.6) is 0 Å². The lowest BCUT2D eigenvalue weighted by Crippen LogP contribution is -1.93. The topological polar surface area (TPSA) is 17.1 Å². The Balaban J connectivity index is 1.28. The summed E-state index contributed by atoms with van der Waals surface area (Å²) in [6, 6.07) is 22.7. The van der Waals surface area contributed by atoms with Crippen molar-refractivity contribution >= 4 is 17.9 Å². The van der Waals surface area contributed by atoms with Gasteiger partial charge in [-0.05, 0) is 78.3 Å². The summed E-state index contributed by atoms with van der Waals surface area (Å²) < 4.78 is 13.0. The minimum atomic E-state index is -0.336. The Morgan fingerprint density at radius 3 is 1.67 bits per heavy atom. The molecule has 0 aliphatic carbocycles. The first-order valence-corrected chi connectivity index (χ1v) is 11.9. The number of hydrogen-bond acceptors (Lipinski definition) is 1. The minimum Gasteiger partial charge on any atom is -0.289 e. The molecule has 0 unspecified atom stereocenters. The molecule has 0 aliphatic heterocycles. The van der Waals surface area contributed by atoms with E-state index in [-0.39, 0.29) is 11.6 Å². The maximum atomic E-state index is 13.0. The van der Waals surface area contributed by atoms with Crippen LogP contribution in [0.3, 0.4) is 0 Å². The van der Waals surface area contributed by atoms with E-state index in [0.29, 0.717) is 5.56 Å². The molecule has 1 nitrogen and oxygen atoms in total. The van der Waals surface area contributed by atoms with E-state index in [1.165, 1.54) is 79.5 Å². The molecule has 170 valence electrons. The zero-order chi connectivity index (χ0) is 23.3. The van der Waals surface area contributed by atoms with Crippen LogP contribution in [0.4, 0.5) is 4.39 Å². The van der Waals surface area contributed by atoms with E-state index in [9.17, 15) is 9.18 Å². The van der Waals surface area contributed by atoms with Gasteiger partial charge in [-0.15, -0.1) is 0 Å². The third-order valence-corrected chi connectivity index (χ3v) is 5.93. The van der Waals surface area contributed by atoms with E-state index in [0.717, 1.165) is 18.4 Å². The normalized spacial score (nSPS) is 11.1. The fraction of sp³-hybridized carbons (Fsp3) is 0.258. The first-order chi connectivity index (χ1) is 16.1. The molecule has 2 heteroatoms. The second-order valence-corrected chi connectivity index (χ2v) is 8.51. The molecule has 0 aliphatic rings. The number of carbonyl (C=O) groups excluding carboxylic acids is 1. The van der Waals surface area contributed by atoms with Gasteiger partial charge in [0.25, 0.3) is 0 Å². The van der Waals surface area contributed by atoms with Gasteiger partial charge in [-0.25, -0.2) is 4.39 Å². The van der Waals surface area contributed by atoms with Crippen molar-refractivity contribution in [1.82, 2.24) is 0 Å². The highest BCUT2D eigenvalue weighted by atomic mass is 19.1. The molecule has 0 fully saturated rings. The zero-order valence-corrected chi connectivity index (χ0v) is 19.3. The monoisotopic (exact) mass is 440 g/mol. The number of rotatable bonds is 13. The lowest BCUT2D eigenvalue weighted by Gasteiger charge is -2.04. The molecule has 0 aromatic heterocycles. The van der Waals surface area contributed by atoms with E-state index in [1.807, 2.05) is 24.3 Å². The predicted molar refractivity (Wildman–Crippen MR) is 138 cm³/mol. The van der Waals surface area contributed by atoms with Crippen LogP contribution in [0.25, 0.3) is 12.2 Å². The van der Waals surface area contributed by atoms with Crippen molar-refractivity contribution < 1.29 is 9.18 Å². The first-order valence-electron chi connectivity index (χ1n) is 11.9. The van der Waals surface area contributed by atoms with Crippen LogP contribution < -0.4 is 0 Å². The fourth-order valence-corrected chi connectivity index (χ4v) is 3.86. The second-order valence-electron chi connectivity index (χ2n) is 8.51. The van der Waals surface area contributed by atoms with Gasteiger partial charge in [0.05, 0.1) is 0 Å². The molecule has 0 bridgehead atoms. The molecule has 0 spiro atoms. The molecular weight excluding hydrogens is 407 g/mol. The highest BCUT2D eigenvalue weighted by molar-refractivity contribution is 6.06. The van der Waals surface area contributed by atoms with Crippen LogP contribution in [0.1, 0.15) is 71.1 Å². The van der Waals surface area contributed by atoms with Gasteiger partial charge in [0.2, 0.25) is 0 Å². The van der Waals surface area contributed by atoms with Gasteiger partial charge < -0.3 is 0 Å². The van der Waals surface area contributed by atoms with E-state index in [2.05, 4.69) is 43.0 Å². The third kappa shape index (κ3) is 8.65. The number of halogens is 1. The number of allylic oxidation sites excluding steroid dienone is 1. The highest BCUT2D eigenvalue weighted by Gasteiger charge is 2.02. The van der Waals surface area contributed by atoms with Crippen LogP contribution >= 0.6 is 0 Å². The third-order valence-electron chi connectivity index (χ3n) is 5.93. The fourth-order valence-electron chi connectivity index (χ4n) is 3.86. The van der Waals surface area contributed by atoms with Crippen molar-refractivity contribution in [3.63, 3.8) is 0 Å². The number of hydrogen-bond donors (Lipinski definition) is 0. The largest absolute Gasteiger partial charge is 0.289 e. The Labute approximate surface area is 197 Å². The van der Waals surface area contributed by atoms with Crippen molar-refractivity contribution in [1.29, 1.82) is 0 Å². The standard InChI is InChI=1S/C31H33FO/c1-2-25-11-13-26(14-12-25)9-7-5-3-4-6-8-10-27-15-17-28(18-16-27)19-24-31(33)29-20-22-30(32)23-21-29/h2,11-24H,1,3-10H2/b24-19+. The molecular formula is C31H33FO. The van der Waals surface area contributed by atoms with Crippen molar-refractivity contribution in [3.05, 3.63) is 119 Å². The van der Waals surface area contributed by atoms with Gasteiger partial charge in [-0.3, -0.25) is 4.79 Å². The first kappa shape index (κ1) is 24.4. The van der Waals surface area contributed by atoms with Crippen molar-refractivity contribution in [3.8, 4) is 0 Å². The predicted octanol–water partition coefficient (Wildman–Crippen LogP) is 8.49. The lowest BCUT2D eigenvalue weighted by atomic mass is 10.0. The number of unbranched alkanes of at least 4 members (excludes halogenated alkanes) is 5. The smallest absolute Gasteiger partial charge is 0.185 e. The summed E-state index contributed by atoms with van der Waals surface area (Å²) in [5.74, 6) is -0.457. The molecule has 0 radical (unpaired) electrons. The van der Waals surface area contributed by atoms with E-state index in [4.69, 9.17) is 0 Å². The minimum absolute atomic E-state index is 0.121. The maximum absolute atomic E-state index is 13.0. The summed E-state index contributed by atoms with van der Waals surface area (Å²) in [6.07, 6.45) is 15.1. The molecule has 0 saturated heterocycles. The van der Waals surface area contributed by atoms with Gasteiger partial charge in [0, 0.05) is 5.56 Å². The quantitative estimate of drug-likeness (QED) is 0.148. The molecule has 0 amide bonds. The zero-order valence-electron chi connectivity index (χ0n) is 19.3. The number of aryl methyl sites for hydroxylation is 2. The van der Waals surface area contributed by atoms with Gasteiger partial charge >= 0.3 is 0 Å². The SMILES string of the molecule is C=Cc1ccc(CCCCCCCCc2ccc(/C=C/C(=O)c3ccc(F)cc3)cc2)cc1. The highest BCUT2D eigenvalue weighted by Crippen LogP contribution is 2.14. The summed E-state index contributed by atoms with van der Waals surface area (Å²) in [5.41, 5.74) is 5.42. The Hall–Kier alpha value is -3.26. The molecule has 0 saturated carbocycles. The second kappa shape index (κ2) is 13.3. The summed E-state index contributed by atoms with van der Waals surface area (Å²) in [7, 11) is 0. The van der Waals surface area contributed by atoms with E-state index >= 15 is 0 Å². The molecule has 3 aromatic rings. The summed E-state index contributed by atoms with van der Waals surface area (Å²) >= 11 is 0. The van der Waals surface area contributed by atoms with Crippen LogP contribution in [0, 0.1) is 5.82 Å². The number of carbonyl (C=O) groups is 1. The maximum Gasteiger partial charge on any atom is 0.185 e. The van der Waals surface area contributed by atoms with Gasteiger partial charge in [0.1, 0.15) is 5.82 Å². The average molecular weight is 441 g/mol. The van der Waals surface area contributed by atoms with Gasteiger partial charge in [0.15, 0.2) is 5.78 Å². The van der Waals surface area contributed by atoms with E-state index in [1.54, 1.807) is 6.08 Å². The van der Waals surface area contributed by atoms with Gasteiger partial charge in [-0.2, -0.15) is 0 Å². The Morgan fingerprint density at radius 1 is 0.667 bits per heavy atom. The van der Waals surface area contributed by atoms with Crippen LogP contribution in [0.2, 0.25) is 0 Å². The lowest BCUT2D eigenvalue weighted by molar-refractivity contribution is 0.104. The number of benzene rings is 3. The summed E-state index contributed by atoms with van der Waals surface area (Å²) in [6.45, 7) is 3.80. The van der Waals surface area contributed by atoms with Gasteiger partial charge in [-0.1, -0.05) is 92.9 Å². The van der Waals surface area contributed by atoms with Crippen LogP contribution in [-0.4, -0.2) is 5.78 Å². The number of ketones is 1. The van der Waals surface area contributed by atoms with Crippen molar-refractivity contribution in [2.75, 3.05) is 0 Å². The van der Waals surface area contributed by atoms with Crippen molar-refractivity contribution in [2.24, 2.45) is 0 Å². The molecule has 33 heavy (non-hydrogen) atoms. The Bertz CT molecular complexity index is 1030. The summed E-state index contributed by atoms with van der Waals surface area (Å²) in [4.78, 5) is 12.1. The van der Waals surface area contributed by atoms with Crippen LogP contribution in [-0.2, 0) is 12.8 Å². The summed E-state index contributed by atoms with van der Waals surface area (Å²) in [5, 5.41) is 0. The molecule has 3 rings (SSSR count). The Kier molecular flexibility index (Phi) is 9.85. The molecule has 0 N–H and O–H groups in total. The average Bonchev–Trinajstić information content (AvgIpc) is 2.85. The Morgan fingerprint density at radius 2 is 1.15 bits per heavy atom. The molecule has 0 heterocycles. The van der Waals surface area contributed by atoms with Crippen molar-refractivity contribution in [2.45, 2.75) is 51.4 Å². The molecule has 0 atom stereocenters. The molecule has 3 aromatic carbocycles.